The van der Waals surface area contributed by atoms with Gasteiger partial charge in [-0.3, -0.25) is 4.79 Å². The minimum Gasteiger partial charge on any atom is -0.298 e. The first-order valence-corrected chi connectivity index (χ1v) is 5.96. The van der Waals surface area contributed by atoms with E-state index in [1.54, 1.807) is 0 Å². The summed E-state index contributed by atoms with van der Waals surface area (Å²) in [7, 11) is -3.25. The average molecular weight is 207 g/mol. The second kappa shape index (κ2) is 4.19. The molecule has 0 saturated carbocycles. The molecule has 0 aromatic heterocycles. The predicted molar refractivity (Wildman–Crippen MR) is 51.9 cm³/mol. The quantitative estimate of drug-likeness (QED) is 0.732. The molecular formula is C8H17NO3S. The zero-order chi connectivity index (χ0) is 10.7. The monoisotopic (exact) mass is 207 g/mol. The molecule has 0 bridgehead atoms. The maximum atomic E-state index is 11.2. The van der Waals surface area contributed by atoms with Gasteiger partial charge in [-0.05, 0) is 5.41 Å². The van der Waals surface area contributed by atoms with Gasteiger partial charge in [-0.15, -0.1) is 0 Å². The van der Waals surface area contributed by atoms with Crippen LogP contribution >= 0.6 is 0 Å². The van der Waals surface area contributed by atoms with Gasteiger partial charge in [0.05, 0.1) is 12.8 Å². The Morgan fingerprint density at radius 3 is 2.08 bits per heavy atom. The van der Waals surface area contributed by atoms with Crippen LogP contribution in [0.5, 0.6) is 0 Å². The smallest absolute Gasteiger partial charge is 0.209 e. The van der Waals surface area contributed by atoms with Gasteiger partial charge in [0.1, 0.15) is 5.78 Å². The molecule has 0 spiro atoms. The molecule has 1 N–H and O–H groups in total. The summed E-state index contributed by atoms with van der Waals surface area (Å²) in [6, 6.07) is 0. The van der Waals surface area contributed by atoms with Gasteiger partial charge in [-0.2, -0.15) is 0 Å². The minimum absolute atomic E-state index is 0.0853. The van der Waals surface area contributed by atoms with E-state index < -0.39 is 10.0 Å². The third-order valence-electron chi connectivity index (χ3n) is 1.26. The molecule has 0 atom stereocenters. The standard InChI is InChI=1S/C8H17NO3S/c1-8(2,3)5-7(10)6-9-13(4,11)12/h9H,5-6H2,1-4H3. The van der Waals surface area contributed by atoms with Crippen LogP contribution in [0.25, 0.3) is 0 Å². The van der Waals surface area contributed by atoms with E-state index in [1.807, 2.05) is 20.8 Å². The summed E-state index contributed by atoms with van der Waals surface area (Å²) in [4.78, 5) is 11.2. The van der Waals surface area contributed by atoms with E-state index in [9.17, 15) is 13.2 Å². The summed E-state index contributed by atoms with van der Waals surface area (Å²) in [6.45, 7) is 5.71. The molecule has 5 heteroatoms. The highest BCUT2D eigenvalue weighted by Gasteiger charge is 2.16. The van der Waals surface area contributed by atoms with E-state index in [0.29, 0.717) is 6.42 Å². The van der Waals surface area contributed by atoms with Crippen molar-refractivity contribution in [3.63, 3.8) is 0 Å². The van der Waals surface area contributed by atoms with Gasteiger partial charge >= 0.3 is 0 Å². The van der Waals surface area contributed by atoms with Crippen LogP contribution < -0.4 is 4.72 Å². The van der Waals surface area contributed by atoms with Crippen molar-refractivity contribution < 1.29 is 13.2 Å². The largest absolute Gasteiger partial charge is 0.298 e. The highest BCUT2D eigenvalue weighted by Crippen LogP contribution is 2.18. The number of sulfonamides is 1. The van der Waals surface area contributed by atoms with E-state index in [2.05, 4.69) is 4.72 Å². The lowest BCUT2D eigenvalue weighted by Gasteiger charge is -2.16. The second-order valence-corrected chi connectivity index (χ2v) is 6.20. The molecule has 0 unspecified atom stereocenters. The molecular weight excluding hydrogens is 190 g/mol. The van der Waals surface area contributed by atoms with Crippen LogP contribution in [-0.2, 0) is 14.8 Å². The Labute approximate surface area is 79.8 Å². The van der Waals surface area contributed by atoms with Gasteiger partial charge in [0.25, 0.3) is 0 Å². The SMILES string of the molecule is CC(C)(C)CC(=O)CNS(C)(=O)=O. The first-order valence-electron chi connectivity index (χ1n) is 4.06. The number of hydrogen-bond donors (Lipinski definition) is 1. The Hall–Kier alpha value is -0.420. The van der Waals surface area contributed by atoms with E-state index in [-0.39, 0.29) is 17.7 Å². The van der Waals surface area contributed by atoms with Crippen molar-refractivity contribution >= 4 is 15.8 Å². The summed E-state index contributed by atoms with van der Waals surface area (Å²) < 4.78 is 23.4. The van der Waals surface area contributed by atoms with Crippen LogP contribution in [0.2, 0.25) is 0 Å². The van der Waals surface area contributed by atoms with E-state index in [4.69, 9.17) is 0 Å². The summed E-state index contributed by atoms with van der Waals surface area (Å²) >= 11 is 0. The number of carbonyl (C=O) groups is 1. The molecule has 0 fully saturated rings. The van der Waals surface area contributed by atoms with Crippen LogP contribution in [0.4, 0.5) is 0 Å². The molecule has 0 aliphatic rings. The third-order valence-corrected chi connectivity index (χ3v) is 1.93. The number of ketones is 1. The molecule has 4 nitrogen and oxygen atoms in total. The molecule has 13 heavy (non-hydrogen) atoms. The Kier molecular flexibility index (Phi) is 4.06. The normalized spacial score (nSPS) is 12.9. The van der Waals surface area contributed by atoms with Gasteiger partial charge in [0.15, 0.2) is 0 Å². The Bertz CT molecular complexity index is 274. The number of hydrogen-bond acceptors (Lipinski definition) is 3. The molecule has 0 aliphatic carbocycles. The van der Waals surface area contributed by atoms with E-state index >= 15 is 0 Å². The van der Waals surface area contributed by atoms with Gasteiger partial charge in [0, 0.05) is 6.42 Å². The molecule has 0 aromatic rings. The molecule has 0 rings (SSSR count). The number of Topliss-reactive ketones (excluding diaryl/α,β-unsaturated/α-hetero) is 1. The fraction of sp³-hybridized carbons (Fsp3) is 0.875. The minimum atomic E-state index is -3.25. The van der Waals surface area contributed by atoms with E-state index in [1.165, 1.54) is 0 Å². The molecule has 0 aromatic carbocycles. The third kappa shape index (κ3) is 9.49. The summed E-state index contributed by atoms with van der Waals surface area (Å²) in [5, 5.41) is 0. The van der Waals surface area contributed by atoms with Crippen molar-refractivity contribution in [1.82, 2.24) is 4.72 Å². The number of rotatable bonds is 4. The zero-order valence-electron chi connectivity index (χ0n) is 8.55. The summed E-state index contributed by atoms with van der Waals surface area (Å²) in [5.41, 5.74) is -0.0870. The van der Waals surface area contributed by atoms with E-state index in [0.717, 1.165) is 6.26 Å². The van der Waals surface area contributed by atoms with Crippen molar-refractivity contribution in [1.29, 1.82) is 0 Å². The van der Waals surface area contributed by atoms with Crippen molar-refractivity contribution in [2.45, 2.75) is 27.2 Å². The molecule has 0 radical (unpaired) electrons. The maximum Gasteiger partial charge on any atom is 0.209 e. The lowest BCUT2D eigenvalue weighted by Crippen LogP contribution is -2.30. The van der Waals surface area contributed by atoms with Gasteiger partial charge in [-0.25, -0.2) is 13.1 Å². The first-order chi connectivity index (χ1) is 5.60. The number of carbonyl (C=O) groups excluding carboxylic acids is 1. The van der Waals surface area contributed by atoms with Crippen LogP contribution in [0.15, 0.2) is 0 Å². The van der Waals surface area contributed by atoms with Gasteiger partial charge in [-0.1, -0.05) is 20.8 Å². The maximum absolute atomic E-state index is 11.2. The summed E-state index contributed by atoms with van der Waals surface area (Å²) in [6.07, 6.45) is 1.42. The number of nitrogens with one attached hydrogen (secondary N) is 1. The Morgan fingerprint density at radius 2 is 1.77 bits per heavy atom. The van der Waals surface area contributed by atoms with Gasteiger partial charge in [0.2, 0.25) is 10.0 Å². The summed E-state index contributed by atoms with van der Waals surface area (Å²) in [5.74, 6) is -0.0853. The highest BCUT2D eigenvalue weighted by molar-refractivity contribution is 7.88. The van der Waals surface area contributed by atoms with Gasteiger partial charge < -0.3 is 0 Å². The molecule has 0 aliphatic heterocycles. The molecule has 78 valence electrons. The van der Waals surface area contributed by atoms with Crippen molar-refractivity contribution in [3.8, 4) is 0 Å². The fourth-order valence-electron chi connectivity index (χ4n) is 0.866. The fourth-order valence-corrected chi connectivity index (χ4v) is 1.29. The van der Waals surface area contributed by atoms with Crippen LogP contribution in [-0.4, -0.2) is 27.0 Å². The lowest BCUT2D eigenvalue weighted by atomic mass is 9.90. The lowest BCUT2D eigenvalue weighted by molar-refractivity contribution is -0.119. The van der Waals surface area contributed by atoms with Crippen LogP contribution in [0.1, 0.15) is 27.2 Å². The topological polar surface area (TPSA) is 63.2 Å². The zero-order valence-corrected chi connectivity index (χ0v) is 9.36. The average Bonchev–Trinajstić information content (AvgIpc) is 1.78. The molecule has 0 amide bonds. The highest BCUT2D eigenvalue weighted by atomic mass is 32.2. The Morgan fingerprint density at radius 1 is 1.31 bits per heavy atom. The Balaban J connectivity index is 3.92. The van der Waals surface area contributed by atoms with Crippen molar-refractivity contribution in [3.05, 3.63) is 0 Å². The van der Waals surface area contributed by atoms with Crippen molar-refractivity contribution in [2.75, 3.05) is 12.8 Å². The van der Waals surface area contributed by atoms with Crippen LogP contribution in [0.3, 0.4) is 0 Å². The van der Waals surface area contributed by atoms with Crippen molar-refractivity contribution in [2.24, 2.45) is 5.41 Å². The molecule has 0 heterocycles. The second-order valence-electron chi connectivity index (χ2n) is 4.37. The first kappa shape index (κ1) is 12.6. The van der Waals surface area contributed by atoms with Crippen LogP contribution in [0, 0.1) is 5.41 Å². The molecule has 0 saturated heterocycles. The predicted octanol–water partition coefficient (Wildman–Crippen LogP) is 0.541.